The lowest BCUT2D eigenvalue weighted by Crippen LogP contribution is -2.30. The number of nitrogens with zero attached hydrogens (tertiary/aromatic N) is 3. The Hall–Kier alpha value is -2.29. The molecular formula is C19H27N7S. The molecule has 2 aromatic rings. The number of hydrogen-bond donors (Lipinski definition) is 4. The van der Waals surface area contributed by atoms with Gasteiger partial charge in [-0.1, -0.05) is 19.3 Å². The van der Waals surface area contributed by atoms with E-state index in [9.17, 15) is 0 Å². The van der Waals surface area contributed by atoms with E-state index in [1.165, 1.54) is 49.2 Å². The lowest BCUT2D eigenvalue weighted by Gasteiger charge is -2.25. The number of anilines is 2. The van der Waals surface area contributed by atoms with Gasteiger partial charge in [-0.25, -0.2) is 5.84 Å². The predicted octanol–water partition coefficient (Wildman–Crippen LogP) is 3.05. The Balaban J connectivity index is 1.87. The highest BCUT2D eigenvalue weighted by Crippen LogP contribution is 2.27. The fourth-order valence-corrected chi connectivity index (χ4v) is 3.77. The Morgan fingerprint density at radius 1 is 1.26 bits per heavy atom. The van der Waals surface area contributed by atoms with Gasteiger partial charge in [0.25, 0.3) is 0 Å². The molecule has 1 aliphatic rings. The average molecular weight is 386 g/mol. The molecule has 0 bridgehead atoms. The van der Waals surface area contributed by atoms with E-state index in [-0.39, 0.29) is 0 Å². The van der Waals surface area contributed by atoms with Gasteiger partial charge in [-0.05, 0) is 62.2 Å². The van der Waals surface area contributed by atoms with Crippen LogP contribution in [0.5, 0.6) is 0 Å². The van der Waals surface area contributed by atoms with Crippen LogP contribution in [0.1, 0.15) is 37.7 Å². The molecular weight excluding hydrogens is 358 g/mol. The molecule has 27 heavy (non-hydrogen) atoms. The second-order valence-corrected chi connectivity index (χ2v) is 7.62. The Morgan fingerprint density at radius 3 is 2.78 bits per heavy atom. The normalized spacial score (nSPS) is 15.6. The smallest absolute Gasteiger partial charge is 0.154 e. The van der Waals surface area contributed by atoms with E-state index in [0.717, 1.165) is 16.1 Å². The van der Waals surface area contributed by atoms with Crippen LogP contribution in [-0.4, -0.2) is 23.9 Å². The van der Waals surface area contributed by atoms with Crippen LogP contribution in [0.3, 0.4) is 0 Å². The first kappa shape index (κ1) is 19.5. The minimum atomic E-state index is 0.359. The quantitative estimate of drug-likeness (QED) is 0.191. The van der Waals surface area contributed by atoms with Gasteiger partial charge in [0.15, 0.2) is 5.84 Å². The second-order valence-electron chi connectivity index (χ2n) is 6.53. The van der Waals surface area contributed by atoms with Crippen molar-refractivity contribution in [1.29, 1.82) is 0 Å². The van der Waals surface area contributed by atoms with Crippen LogP contribution in [0.4, 0.5) is 11.4 Å². The van der Waals surface area contributed by atoms with Gasteiger partial charge in [-0.3, -0.25) is 9.71 Å². The molecule has 7 nitrogen and oxygen atoms in total. The Morgan fingerprint density at radius 2 is 2.07 bits per heavy atom. The minimum Gasteiger partial charge on any atom is -0.382 e. The third-order valence-electron chi connectivity index (χ3n) is 4.58. The number of nitrogens with one attached hydrogen (secondary N) is 2. The number of hydrazine groups is 1. The van der Waals surface area contributed by atoms with Gasteiger partial charge in [0.05, 0.1) is 11.9 Å². The van der Waals surface area contributed by atoms with Gasteiger partial charge in [0, 0.05) is 28.4 Å². The summed E-state index contributed by atoms with van der Waals surface area (Å²) in [5.41, 5.74) is 8.85. The Labute approximate surface area is 164 Å². The van der Waals surface area contributed by atoms with Crippen molar-refractivity contribution >= 4 is 29.2 Å². The first-order valence-corrected chi connectivity index (χ1v) is 10.0. The summed E-state index contributed by atoms with van der Waals surface area (Å²) in [5.74, 6) is 6.41. The molecule has 0 amide bonds. The monoisotopic (exact) mass is 385 g/mol. The second kappa shape index (κ2) is 9.59. The highest BCUT2D eigenvalue weighted by Gasteiger charge is 2.16. The van der Waals surface area contributed by atoms with Crippen molar-refractivity contribution in [3.05, 3.63) is 48.3 Å². The fraction of sp³-hybridized carbons (Fsp3) is 0.368. The molecule has 0 radical (unpaired) electrons. The molecule has 1 aromatic carbocycles. The molecule has 8 heteroatoms. The summed E-state index contributed by atoms with van der Waals surface area (Å²) in [6, 6.07) is 10.3. The fourth-order valence-electron chi connectivity index (χ4n) is 3.23. The number of hydrogen-bond acceptors (Lipinski definition) is 7. The first-order chi connectivity index (χ1) is 13.2. The van der Waals surface area contributed by atoms with Crippen LogP contribution in [-0.2, 0) is 0 Å². The van der Waals surface area contributed by atoms with E-state index in [4.69, 9.17) is 11.6 Å². The molecule has 0 saturated heterocycles. The third kappa shape index (κ3) is 5.35. The zero-order valence-electron chi connectivity index (χ0n) is 15.6. The molecule has 1 heterocycles. The summed E-state index contributed by atoms with van der Waals surface area (Å²) in [4.78, 5) is 5.12. The minimum absolute atomic E-state index is 0.359. The number of rotatable bonds is 7. The van der Waals surface area contributed by atoms with Crippen molar-refractivity contribution in [2.24, 2.45) is 16.7 Å². The topological polar surface area (TPSA) is 105 Å². The molecule has 1 fully saturated rings. The maximum absolute atomic E-state index is 6.34. The van der Waals surface area contributed by atoms with Crippen molar-refractivity contribution in [3.8, 4) is 0 Å². The van der Waals surface area contributed by atoms with Gasteiger partial charge in [-0.15, -0.1) is 5.10 Å². The van der Waals surface area contributed by atoms with Gasteiger partial charge >= 0.3 is 0 Å². The lowest BCUT2D eigenvalue weighted by atomic mass is 9.95. The van der Waals surface area contributed by atoms with E-state index in [1.807, 2.05) is 19.2 Å². The summed E-state index contributed by atoms with van der Waals surface area (Å²) in [6.07, 6.45) is 9.55. The summed E-state index contributed by atoms with van der Waals surface area (Å²) in [6.45, 7) is 0. The van der Waals surface area contributed by atoms with Crippen molar-refractivity contribution < 1.29 is 0 Å². The Bertz CT molecular complexity index is 760. The molecule has 0 atom stereocenters. The number of benzene rings is 1. The average Bonchev–Trinajstić information content (AvgIpc) is 2.70. The highest BCUT2D eigenvalue weighted by molar-refractivity contribution is 7.97. The van der Waals surface area contributed by atoms with E-state index in [0.29, 0.717) is 17.6 Å². The summed E-state index contributed by atoms with van der Waals surface area (Å²) >= 11 is 1.53. The predicted molar refractivity (Wildman–Crippen MR) is 113 cm³/mol. The number of pyridine rings is 1. The molecule has 0 unspecified atom stereocenters. The van der Waals surface area contributed by atoms with Gasteiger partial charge in [-0.2, -0.15) is 5.12 Å². The zero-order valence-corrected chi connectivity index (χ0v) is 16.4. The van der Waals surface area contributed by atoms with Crippen LogP contribution in [0, 0.1) is 0 Å². The molecule has 3 rings (SSSR count). The molecule has 6 N–H and O–H groups in total. The number of amidine groups is 1. The van der Waals surface area contributed by atoms with Crippen LogP contribution in [0.2, 0.25) is 0 Å². The third-order valence-corrected chi connectivity index (χ3v) is 5.27. The molecule has 1 aliphatic carbocycles. The van der Waals surface area contributed by atoms with Gasteiger partial charge in [0.2, 0.25) is 0 Å². The van der Waals surface area contributed by atoms with Crippen molar-refractivity contribution in [1.82, 2.24) is 9.71 Å². The Kier molecular flexibility index (Phi) is 6.92. The van der Waals surface area contributed by atoms with E-state index in [2.05, 4.69) is 32.3 Å². The maximum Gasteiger partial charge on any atom is 0.154 e. The summed E-state index contributed by atoms with van der Waals surface area (Å²) < 4.78 is 3.09. The standard InChI is InChI=1S/C19H27N7S/c1-22-27-16-9-10-18(24-14-6-3-2-4-7-14)17(12-16)19(20)25-26(21)15-8-5-11-23-13-15/h5,8-14,22,24H,2-4,6-7,21H2,1H3,(H2,20,25). The van der Waals surface area contributed by atoms with Crippen molar-refractivity contribution in [2.75, 3.05) is 17.5 Å². The number of nitrogens with two attached hydrogens (primary N) is 2. The molecule has 1 saturated carbocycles. The largest absolute Gasteiger partial charge is 0.382 e. The van der Waals surface area contributed by atoms with Crippen LogP contribution >= 0.6 is 11.9 Å². The molecule has 0 aliphatic heterocycles. The number of hydrazone groups is 1. The SMILES string of the molecule is CNSc1ccc(NC2CCCCC2)c(/C(N)=N/N(N)c2cccnc2)c1. The number of aromatic nitrogens is 1. The van der Waals surface area contributed by atoms with E-state index < -0.39 is 0 Å². The van der Waals surface area contributed by atoms with Crippen molar-refractivity contribution in [3.63, 3.8) is 0 Å². The maximum atomic E-state index is 6.34. The van der Waals surface area contributed by atoms with E-state index >= 15 is 0 Å². The van der Waals surface area contributed by atoms with Crippen LogP contribution < -0.4 is 26.7 Å². The highest BCUT2D eigenvalue weighted by atomic mass is 32.2. The molecule has 144 valence electrons. The van der Waals surface area contributed by atoms with Crippen LogP contribution in [0.15, 0.2) is 52.7 Å². The van der Waals surface area contributed by atoms with Gasteiger partial charge in [0.1, 0.15) is 0 Å². The van der Waals surface area contributed by atoms with Crippen molar-refractivity contribution in [2.45, 2.75) is 43.0 Å². The zero-order chi connectivity index (χ0) is 19.1. The van der Waals surface area contributed by atoms with E-state index in [1.54, 1.807) is 18.5 Å². The van der Waals surface area contributed by atoms with Crippen LogP contribution in [0.25, 0.3) is 0 Å². The summed E-state index contributed by atoms with van der Waals surface area (Å²) in [5, 5.41) is 9.27. The molecule has 1 aromatic heterocycles. The summed E-state index contributed by atoms with van der Waals surface area (Å²) in [7, 11) is 1.89. The molecule has 0 spiro atoms. The first-order valence-electron chi connectivity index (χ1n) is 9.21. The lowest BCUT2D eigenvalue weighted by molar-refractivity contribution is 0.462. The van der Waals surface area contributed by atoms with Gasteiger partial charge < -0.3 is 11.1 Å².